The van der Waals surface area contributed by atoms with Crippen molar-refractivity contribution in [2.24, 2.45) is 9.98 Å². The number of amidine groups is 2. The van der Waals surface area contributed by atoms with E-state index in [1.54, 1.807) is 0 Å². The number of nitrogens with zero attached hydrogens (tertiary/aromatic N) is 2. The molecule has 0 radical (unpaired) electrons. The highest BCUT2D eigenvalue weighted by Crippen LogP contribution is 2.19. The average molecular weight is 441 g/mol. The van der Waals surface area contributed by atoms with Crippen molar-refractivity contribution in [2.75, 3.05) is 26.2 Å². The van der Waals surface area contributed by atoms with E-state index in [1.807, 2.05) is 48.5 Å². The maximum atomic E-state index is 6.03. The fourth-order valence-corrected chi connectivity index (χ4v) is 4.05. The van der Waals surface area contributed by atoms with E-state index in [-0.39, 0.29) is 0 Å². The van der Waals surface area contributed by atoms with Gasteiger partial charge in [0.1, 0.15) is 36.4 Å². The highest BCUT2D eigenvalue weighted by Gasteiger charge is 2.09. The fourth-order valence-electron chi connectivity index (χ4n) is 4.05. The van der Waals surface area contributed by atoms with E-state index in [9.17, 15) is 0 Å². The number of aryl methyl sites for hydroxylation is 1. The van der Waals surface area contributed by atoms with Crippen molar-refractivity contribution in [1.82, 2.24) is 10.6 Å². The van der Waals surface area contributed by atoms with Gasteiger partial charge in [-0.1, -0.05) is 17.7 Å². The van der Waals surface area contributed by atoms with Crippen molar-refractivity contribution in [1.29, 1.82) is 0 Å². The first-order valence-corrected chi connectivity index (χ1v) is 11.4. The Labute approximate surface area is 194 Å². The summed E-state index contributed by atoms with van der Waals surface area (Å²) in [6, 6.07) is 22.6. The molecule has 0 saturated heterocycles. The summed E-state index contributed by atoms with van der Waals surface area (Å²) in [6.07, 6.45) is 0. The number of aliphatic imine (C=N–C) groups is 2. The van der Waals surface area contributed by atoms with E-state index in [4.69, 9.17) is 9.47 Å². The molecule has 2 N–H and O–H groups in total. The summed E-state index contributed by atoms with van der Waals surface area (Å²) in [5.41, 5.74) is 5.63. The standard InChI is InChI=1S/C27H28N4O2/c1-19-14-20(17-32-24-6-2-22(3-7-24)26-28-10-11-29-26)16-21(15-19)18-33-25-8-4-23(5-9-25)27-30-12-13-31-27/h2-9,14-16H,10-13,17-18H2,1H3,(H,28,29)(H,30,31). The van der Waals surface area contributed by atoms with Crippen molar-refractivity contribution in [3.8, 4) is 11.5 Å². The molecular weight excluding hydrogens is 412 g/mol. The molecule has 0 aliphatic carbocycles. The van der Waals surface area contributed by atoms with Crippen LogP contribution in [0, 0.1) is 6.92 Å². The second-order valence-corrected chi connectivity index (χ2v) is 8.27. The second-order valence-electron chi connectivity index (χ2n) is 8.27. The maximum absolute atomic E-state index is 6.03. The number of hydrogen-bond donors (Lipinski definition) is 2. The molecule has 0 aromatic heterocycles. The summed E-state index contributed by atoms with van der Waals surface area (Å²) < 4.78 is 12.1. The Morgan fingerprint density at radius 3 is 1.52 bits per heavy atom. The van der Waals surface area contributed by atoms with E-state index in [0.717, 1.165) is 71.6 Å². The lowest BCUT2D eigenvalue weighted by Gasteiger charge is -2.12. The number of ether oxygens (including phenoxy) is 2. The predicted octanol–water partition coefficient (Wildman–Crippen LogP) is 3.85. The lowest BCUT2D eigenvalue weighted by atomic mass is 10.1. The zero-order chi connectivity index (χ0) is 22.5. The highest BCUT2D eigenvalue weighted by molar-refractivity contribution is 6.00. The van der Waals surface area contributed by atoms with Gasteiger partial charge in [0.05, 0.1) is 13.1 Å². The fraction of sp³-hybridized carbons (Fsp3) is 0.259. The molecule has 168 valence electrons. The maximum Gasteiger partial charge on any atom is 0.128 e. The summed E-state index contributed by atoms with van der Waals surface area (Å²) in [7, 11) is 0. The van der Waals surface area contributed by atoms with E-state index in [0.29, 0.717) is 13.2 Å². The third-order valence-corrected chi connectivity index (χ3v) is 5.61. The normalized spacial score (nSPS) is 14.8. The first-order valence-electron chi connectivity index (χ1n) is 11.4. The van der Waals surface area contributed by atoms with Gasteiger partial charge in [0.2, 0.25) is 0 Å². The van der Waals surface area contributed by atoms with Crippen molar-refractivity contribution in [2.45, 2.75) is 20.1 Å². The Morgan fingerprint density at radius 2 is 1.12 bits per heavy atom. The molecule has 0 unspecified atom stereocenters. The minimum Gasteiger partial charge on any atom is -0.489 e. The molecular formula is C27H28N4O2. The van der Waals surface area contributed by atoms with Gasteiger partial charge >= 0.3 is 0 Å². The van der Waals surface area contributed by atoms with Gasteiger partial charge in [-0.3, -0.25) is 9.98 Å². The van der Waals surface area contributed by atoms with Crippen LogP contribution < -0.4 is 20.1 Å². The number of rotatable bonds is 8. The summed E-state index contributed by atoms with van der Waals surface area (Å²) in [5, 5.41) is 6.58. The number of benzene rings is 3. The van der Waals surface area contributed by atoms with Gasteiger partial charge in [-0.2, -0.15) is 0 Å². The molecule has 0 spiro atoms. The van der Waals surface area contributed by atoms with Crippen LogP contribution in [-0.2, 0) is 13.2 Å². The lowest BCUT2D eigenvalue weighted by Crippen LogP contribution is -2.19. The quantitative estimate of drug-likeness (QED) is 0.558. The van der Waals surface area contributed by atoms with Gasteiger partial charge in [0.25, 0.3) is 0 Å². The smallest absolute Gasteiger partial charge is 0.128 e. The highest BCUT2D eigenvalue weighted by atomic mass is 16.5. The number of hydrogen-bond acceptors (Lipinski definition) is 6. The summed E-state index contributed by atoms with van der Waals surface area (Å²) >= 11 is 0. The zero-order valence-corrected chi connectivity index (χ0v) is 18.8. The minimum absolute atomic E-state index is 0.511. The molecule has 5 rings (SSSR count). The van der Waals surface area contributed by atoms with Crippen LogP contribution in [0.3, 0.4) is 0 Å². The molecule has 0 fully saturated rings. The Kier molecular flexibility index (Phi) is 6.24. The molecule has 33 heavy (non-hydrogen) atoms. The van der Waals surface area contributed by atoms with Crippen LogP contribution in [0.15, 0.2) is 76.7 Å². The van der Waals surface area contributed by atoms with Gasteiger partial charge in [-0.25, -0.2) is 0 Å². The third kappa shape index (κ3) is 5.34. The topological polar surface area (TPSA) is 67.2 Å². The van der Waals surface area contributed by atoms with Crippen molar-refractivity contribution in [3.63, 3.8) is 0 Å². The second kappa shape index (κ2) is 9.77. The molecule has 0 atom stereocenters. The molecule has 0 amide bonds. The summed E-state index contributed by atoms with van der Waals surface area (Å²) in [5.74, 6) is 3.61. The monoisotopic (exact) mass is 440 g/mol. The summed E-state index contributed by atoms with van der Waals surface area (Å²) in [6.45, 7) is 6.61. The van der Waals surface area contributed by atoms with Gasteiger partial charge in [0.15, 0.2) is 0 Å². The largest absolute Gasteiger partial charge is 0.489 e. The van der Waals surface area contributed by atoms with Crippen LogP contribution in [0.1, 0.15) is 27.8 Å². The van der Waals surface area contributed by atoms with Crippen LogP contribution in [0.4, 0.5) is 0 Å². The SMILES string of the molecule is Cc1cc(COc2ccc(C3=NCCN3)cc2)cc(COc2ccc(C3=NCCN3)cc2)c1. The van der Waals surface area contributed by atoms with E-state index in [1.165, 1.54) is 5.56 Å². The molecule has 3 aromatic carbocycles. The number of nitrogens with one attached hydrogen (secondary N) is 2. The zero-order valence-electron chi connectivity index (χ0n) is 18.8. The van der Waals surface area contributed by atoms with E-state index < -0.39 is 0 Å². The Morgan fingerprint density at radius 1 is 0.667 bits per heavy atom. The van der Waals surface area contributed by atoms with Crippen molar-refractivity contribution >= 4 is 11.7 Å². The summed E-state index contributed by atoms with van der Waals surface area (Å²) in [4.78, 5) is 8.91. The Hall–Kier alpha value is -3.80. The molecule has 0 bridgehead atoms. The third-order valence-electron chi connectivity index (χ3n) is 5.61. The molecule has 3 aromatic rings. The first-order chi connectivity index (χ1) is 16.2. The van der Waals surface area contributed by atoms with E-state index >= 15 is 0 Å². The molecule has 6 nitrogen and oxygen atoms in total. The Balaban J connectivity index is 1.17. The van der Waals surface area contributed by atoms with Crippen LogP contribution in [0.5, 0.6) is 11.5 Å². The Bertz CT molecular complexity index is 1080. The van der Waals surface area contributed by atoms with Gasteiger partial charge < -0.3 is 20.1 Å². The van der Waals surface area contributed by atoms with Crippen molar-refractivity contribution < 1.29 is 9.47 Å². The van der Waals surface area contributed by atoms with Gasteiger partial charge in [-0.05, 0) is 72.6 Å². The lowest BCUT2D eigenvalue weighted by molar-refractivity contribution is 0.299. The predicted molar refractivity (Wildman–Crippen MR) is 132 cm³/mol. The molecule has 2 heterocycles. The molecule has 0 saturated carbocycles. The van der Waals surface area contributed by atoms with Gasteiger partial charge in [-0.15, -0.1) is 0 Å². The van der Waals surface area contributed by atoms with Crippen LogP contribution in [-0.4, -0.2) is 37.9 Å². The minimum atomic E-state index is 0.511. The first kappa shape index (κ1) is 21.1. The van der Waals surface area contributed by atoms with Crippen LogP contribution in [0.2, 0.25) is 0 Å². The molecule has 2 aliphatic rings. The van der Waals surface area contributed by atoms with Crippen molar-refractivity contribution in [3.05, 3.63) is 94.5 Å². The van der Waals surface area contributed by atoms with Gasteiger partial charge in [0, 0.05) is 24.2 Å². The van der Waals surface area contributed by atoms with Crippen LogP contribution in [0.25, 0.3) is 0 Å². The molecule has 6 heteroatoms. The van der Waals surface area contributed by atoms with E-state index in [2.05, 4.69) is 45.7 Å². The molecule has 2 aliphatic heterocycles. The van der Waals surface area contributed by atoms with Crippen LogP contribution >= 0.6 is 0 Å². The average Bonchev–Trinajstić information content (AvgIpc) is 3.57.